The molecule has 1 fully saturated rings. The van der Waals surface area contributed by atoms with Gasteiger partial charge >= 0.3 is 0 Å². The molecule has 1 aromatic rings. The van der Waals surface area contributed by atoms with E-state index < -0.39 is 0 Å². The normalized spacial score (nSPS) is 27.3. The number of hydrogen-bond acceptors (Lipinski definition) is 4. The van der Waals surface area contributed by atoms with Gasteiger partial charge in [-0.25, -0.2) is 0 Å². The number of rotatable bonds is 1. The zero-order chi connectivity index (χ0) is 11.8. The molecule has 3 rings (SSSR count). The van der Waals surface area contributed by atoms with E-state index in [0.29, 0.717) is 18.9 Å². The Morgan fingerprint density at radius 3 is 2.94 bits per heavy atom. The maximum absolute atomic E-state index is 5.98. The van der Waals surface area contributed by atoms with Gasteiger partial charge in [-0.05, 0) is 31.9 Å². The van der Waals surface area contributed by atoms with Gasteiger partial charge in [-0.1, -0.05) is 0 Å². The Kier molecular flexibility index (Phi) is 2.59. The molecular weight excluding hydrogens is 216 g/mol. The average molecular weight is 234 g/mol. The number of anilines is 1. The molecule has 17 heavy (non-hydrogen) atoms. The summed E-state index contributed by atoms with van der Waals surface area (Å²) in [6.45, 7) is 3.57. The van der Waals surface area contributed by atoms with Gasteiger partial charge in [0.05, 0.1) is 0 Å². The number of hydrogen-bond donors (Lipinski definition) is 1. The Bertz CT molecular complexity index is 422. The fraction of sp³-hybridized carbons (Fsp3) is 0.538. The van der Waals surface area contributed by atoms with Crippen LogP contribution in [0.2, 0.25) is 0 Å². The first-order valence-electron chi connectivity index (χ1n) is 6.16. The quantitative estimate of drug-likeness (QED) is 0.804. The number of piperidine rings is 1. The Morgan fingerprint density at radius 2 is 2.12 bits per heavy atom. The van der Waals surface area contributed by atoms with Crippen LogP contribution in [-0.2, 0) is 0 Å². The van der Waals surface area contributed by atoms with Gasteiger partial charge < -0.3 is 20.1 Å². The van der Waals surface area contributed by atoms with Gasteiger partial charge in [0.1, 0.15) is 0 Å². The van der Waals surface area contributed by atoms with Crippen molar-refractivity contribution in [3.8, 4) is 11.5 Å². The van der Waals surface area contributed by atoms with Gasteiger partial charge in [-0.3, -0.25) is 0 Å². The topological polar surface area (TPSA) is 47.7 Å². The summed E-state index contributed by atoms with van der Waals surface area (Å²) in [4.78, 5) is 2.39. The molecule has 4 nitrogen and oxygen atoms in total. The molecule has 2 aliphatic heterocycles. The molecule has 0 aromatic heterocycles. The predicted octanol–water partition coefficient (Wildman–Crippen LogP) is 1.73. The molecule has 0 spiro atoms. The molecule has 0 radical (unpaired) electrons. The predicted molar refractivity (Wildman–Crippen MR) is 66.6 cm³/mol. The van der Waals surface area contributed by atoms with Crippen LogP contribution < -0.4 is 20.1 Å². The number of ether oxygens (including phenoxy) is 2. The van der Waals surface area contributed by atoms with E-state index in [1.165, 1.54) is 5.69 Å². The van der Waals surface area contributed by atoms with Crippen molar-refractivity contribution >= 4 is 5.69 Å². The monoisotopic (exact) mass is 234 g/mol. The summed E-state index contributed by atoms with van der Waals surface area (Å²) in [5.74, 6) is 1.69. The number of nitrogens with zero attached hydrogens (tertiary/aromatic N) is 1. The van der Waals surface area contributed by atoms with E-state index in [1.54, 1.807) is 0 Å². The molecule has 0 amide bonds. The third-order valence-electron chi connectivity index (χ3n) is 3.60. The fourth-order valence-electron chi connectivity index (χ4n) is 2.66. The standard InChI is InChI=1S/C13H18N2O2/c1-9-6-10(14)4-5-15(9)11-2-3-12-13(7-11)17-8-16-12/h2-3,7,9-10H,4-6,8,14H2,1H3. The highest BCUT2D eigenvalue weighted by molar-refractivity contribution is 5.57. The molecule has 2 N–H and O–H groups in total. The number of fused-ring (bicyclic) bond motifs is 1. The van der Waals surface area contributed by atoms with E-state index in [1.807, 2.05) is 6.07 Å². The summed E-state index contributed by atoms with van der Waals surface area (Å²) < 4.78 is 10.7. The zero-order valence-corrected chi connectivity index (χ0v) is 10.1. The van der Waals surface area contributed by atoms with Crippen molar-refractivity contribution in [2.75, 3.05) is 18.2 Å². The molecule has 0 saturated carbocycles. The van der Waals surface area contributed by atoms with Gasteiger partial charge in [0, 0.05) is 30.4 Å². The van der Waals surface area contributed by atoms with Crippen LogP contribution in [0.5, 0.6) is 11.5 Å². The van der Waals surface area contributed by atoms with Gasteiger partial charge in [0.15, 0.2) is 11.5 Å². The van der Waals surface area contributed by atoms with Crippen LogP contribution in [0.4, 0.5) is 5.69 Å². The summed E-state index contributed by atoms with van der Waals surface area (Å²) in [6.07, 6.45) is 2.10. The third kappa shape index (κ3) is 1.93. The van der Waals surface area contributed by atoms with Crippen molar-refractivity contribution in [1.29, 1.82) is 0 Å². The fourth-order valence-corrected chi connectivity index (χ4v) is 2.66. The summed E-state index contributed by atoms with van der Waals surface area (Å²) in [5.41, 5.74) is 7.19. The van der Waals surface area contributed by atoms with E-state index in [4.69, 9.17) is 15.2 Å². The summed E-state index contributed by atoms with van der Waals surface area (Å²) in [7, 11) is 0. The largest absolute Gasteiger partial charge is 0.454 e. The van der Waals surface area contributed by atoms with Crippen molar-refractivity contribution in [3.63, 3.8) is 0 Å². The first-order chi connectivity index (χ1) is 8.24. The molecule has 2 aliphatic rings. The molecule has 2 unspecified atom stereocenters. The molecule has 2 heterocycles. The molecular formula is C13H18N2O2. The highest BCUT2D eigenvalue weighted by atomic mass is 16.7. The van der Waals surface area contributed by atoms with Gasteiger partial charge in [0.25, 0.3) is 0 Å². The van der Waals surface area contributed by atoms with E-state index in [9.17, 15) is 0 Å². The Hall–Kier alpha value is -1.42. The average Bonchev–Trinajstić information content (AvgIpc) is 2.75. The maximum atomic E-state index is 5.98. The second-order valence-electron chi connectivity index (χ2n) is 4.86. The third-order valence-corrected chi connectivity index (χ3v) is 3.60. The van der Waals surface area contributed by atoms with Gasteiger partial charge in [-0.2, -0.15) is 0 Å². The van der Waals surface area contributed by atoms with Crippen molar-refractivity contribution in [1.82, 2.24) is 0 Å². The van der Waals surface area contributed by atoms with Crippen molar-refractivity contribution in [3.05, 3.63) is 18.2 Å². The first-order valence-corrected chi connectivity index (χ1v) is 6.16. The van der Waals surface area contributed by atoms with E-state index in [-0.39, 0.29) is 0 Å². The van der Waals surface area contributed by atoms with Crippen LogP contribution in [0.3, 0.4) is 0 Å². The SMILES string of the molecule is CC1CC(N)CCN1c1ccc2c(c1)OCO2. The van der Waals surface area contributed by atoms with Crippen LogP contribution in [0.1, 0.15) is 19.8 Å². The minimum absolute atomic E-state index is 0.333. The highest BCUT2D eigenvalue weighted by Gasteiger charge is 2.24. The van der Waals surface area contributed by atoms with Gasteiger partial charge in [-0.15, -0.1) is 0 Å². The first kappa shape index (κ1) is 10.7. The highest BCUT2D eigenvalue weighted by Crippen LogP contribution is 2.36. The number of benzene rings is 1. The molecule has 1 aromatic carbocycles. The van der Waals surface area contributed by atoms with Gasteiger partial charge in [0.2, 0.25) is 6.79 Å². The van der Waals surface area contributed by atoms with Crippen LogP contribution >= 0.6 is 0 Å². The van der Waals surface area contributed by atoms with Crippen LogP contribution in [-0.4, -0.2) is 25.4 Å². The molecule has 0 aliphatic carbocycles. The van der Waals surface area contributed by atoms with Crippen molar-refractivity contribution in [2.24, 2.45) is 5.73 Å². The Morgan fingerprint density at radius 1 is 1.29 bits per heavy atom. The lowest BCUT2D eigenvalue weighted by atomic mass is 9.98. The summed E-state index contributed by atoms with van der Waals surface area (Å²) in [6, 6.07) is 6.98. The second-order valence-corrected chi connectivity index (χ2v) is 4.86. The van der Waals surface area contributed by atoms with Crippen LogP contribution in [0.15, 0.2) is 18.2 Å². The summed E-state index contributed by atoms with van der Waals surface area (Å²) >= 11 is 0. The molecule has 2 atom stereocenters. The Labute approximate surface area is 101 Å². The molecule has 0 bridgehead atoms. The van der Waals surface area contributed by atoms with Crippen molar-refractivity contribution < 1.29 is 9.47 Å². The molecule has 1 saturated heterocycles. The van der Waals surface area contributed by atoms with Crippen LogP contribution in [0.25, 0.3) is 0 Å². The maximum Gasteiger partial charge on any atom is 0.231 e. The smallest absolute Gasteiger partial charge is 0.231 e. The lowest BCUT2D eigenvalue weighted by Gasteiger charge is -2.38. The second kappa shape index (κ2) is 4.11. The zero-order valence-electron chi connectivity index (χ0n) is 10.1. The Balaban J connectivity index is 1.84. The minimum atomic E-state index is 0.333. The minimum Gasteiger partial charge on any atom is -0.454 e. The lowest BCUT2D eigenvalue weighted by Crippen LogP contribution is -2.45. The van der Waals surface area contributed by atoms with E-state index >= 15 is 0 Å². The van der Waals surface area contributed by atoms with Crippen molar-refractivity contribution in [2.45, 2.75) is 31.8 Å². The molecule has 4 heteroatoms. The number of nitrogens with two attached hydrogens (primary N) is 1. The lowest BCUT2D eigenvalue weighted by molar-refractivity contribution is 0.174. The van der Waals surface area contributed by atoms with E-state index in [0.717, 1.165) is 30.9 Å². The van der Waals surface area contributed by atoms with E-state index in [2.05, 4.69) is 24.0 Å². The molecule has 92 valence electrons. The van der Waals surface area contributed by atoms with Crippen LogP contribution in [0, 0.1) is 0 Å². The summed E-state index contributed by atoms with van der Waals surface area (Å²) in [5, 5.41) is 0.